The molecule has 3 rings (SSSR count). The van der Waals surface area contributed by atoms with Gasteiger partial charge in [-0.3, -0.25) is 0 Å². The van der Waals surface area contributed by atoms with Crippen LogP contribution < -0.4 is 15.0 Å². The van der Waals surface area contributed by atoms with Gasteiger partial charge in [0.1, 0.15) is 5.69 Å². The van der Waals surface area contributed by atoms with Gasteiger partial charge in [0.2, 0.25) is 5.88 Å². The number of nitrogens with zero attached hydrogens (tertiary/aromatic N) is 3. The summed E-state index contributed by atoms with van der Waals surface area (Å²) in [5.41, 5.74) is 3.77. The lowest BCUT2D eigenvalue weighted by molar-refractivity contribution is 0.208. The van der Waals surface area contributed by atoms with Gasteiger partial charge in [-0.05, 0) is 43.9 Å². The highest BCUT2D eigenvalue weighted by Gasteiger charge is 2.23. The second-order valence-electron chi connectivity index (χ2n) is 6.52. The number of aromatic nitrogens is 1. The van der Waals surface area contributed by atoms with Crippen LogP contribution in [0.5, 0.6) is 5.88 Å². The highest BCUT2D eigenvalue weighted by Crippen LogP contribution is 2.29. The number of piperazine rings is 1. The Kier molecular flexibility index (Phi) is 6.11. The SMILES string of the molecule is COc1nc(C)c(C)cc1NC(=O)N1CCN(c2ccccc2SC)CC1. The Hall–Kier alpha value is -2.41. The van der Waals surface area contributed by atoms with Gasteiger partial charge in [0, 0.05) is 36.8 Å². The number of hydrogen-bond donors (Lipinski definition) is 1. The number of thioether (sulfide) groups is 1. The van der Waals surface area contributed by atoms with E-state index in [9.17, 15) is 4.79 Å². The van der Waals surface area contributed by atoms with Gasteiger partial charge in [0.25, 0.3) is 0 Å². The molecule has 0 radical (unpaired) electrons. The van der Waals surface area contributed by atoms with Gasteiger partial charge in [0.15, 0.2) is 0 Å². The van der Waals surface area contributed by atoms with Crippen molar-refractivity contribution in [2.45, 2.75) is 18.7 Å². The summed E-state index contributed by atoms with van der Waals surface area (Å²) in [6, 6.07) is 10.2. The predicted octanol–water partition coefficient (Wildman–Crippen LogP) is 3.78. The quantitative estimate of drug-likeness (QED) is 0.811. The van der Waals surface area contributed by atoms with E-state index in [2.05, 4.69) is 45.7 Å². The molecule has 1 aromatic carbocycles. The molecule has 0 aliphatic carbocycles. The third-order valence-electron chi connectivity index (χ3n) is 4.86. The first-order valence-electron chi connectivity index (χ1n) is 8.99. The highest BCUT2D eigenvalue weighted by atomic mass is 32.2. The Balaban J connectivity index is 1.65. The number of hydrogen-bond acceptors (Lipinski definition) is 5. The van der Waals surface area contributed by atoms with Crippen molar-refractivity contribution in [2.75, 3.05) is 49.8 Å². The van der Waals surface area contributed by atoms with Crippen LogP contribution in [0.2, 0.25) is 0 Å². The Morgan fingerprint density at radius 2 is 1.89 bits per heavy atom. The molecule has 1 aliphatic rings. The first-order valence-corrected chi connectivity index (χ1v) is 10.2. The Labute approximate surface area is 164 Å². The van der Waals surface area contributed by atoms with Gasteiger partial charge >= 0.3 is 6.03 Å². The molecule has 2 amide bonds. The number of methoxy groups -OCH3 is 1. The van der Waals surface area contributed by atoms with E-state index in [1.165, 1.54) is 10.6 Å². The summed E-state index contributed by atoms with van der Waals surface area (Å²) in [6.07, 6.45) is 2.09. The molecule has 144 valence electrons. The molecule has 0 unspecified atom stereocenters. The molecule has 2 heterocycles. The molecule has 27 heavy (non-hydrogen) atoms. The normalized spacial score (nSPS) is 14.2. The van der Waals surface area contributed by atoms with E-state index in [1.54, 1.807) is 18.9 Å². The Bertz CT molecular complexity index is 820. The summed E-state index contributed by atoms with van der Waals surface area (Å²) >= 11 is 1.75. The Morgan fingerprint density at radius 3 is 2.56 bits per heavy atom. The van der Waals surface area contributed by atoms with Crippen LogP contribution in [0.25, 0.3) is 0 Å². The predicted molar refractivity (Wildman–Crippen MR) is 111 cm³/mol. The summed E-state index contributed by atoms with van der Waals surface area (Å²) in [5.74, 6) is 0.444. The summed E-state index contributed by atoms with van der Waals surface area (Å²) in [7, 11) is 1.56. The fraction of sp³-hybridized carbons (Fsp3) is 0.400. The molecule has 1 N–H and O–H groups in total. The van der Waals surface area contributed by atoms with Gasteiger partial charge < -0.3 is 19.9 Å². The van der Waals surface area contributed by atoms with Gasteiger partial charge in [-0.2, -0.15) is 0 Å². The summed E-state index contributed by atoms with van der Waals surface area (Å²) in [4.78, 5) is 22.5. The van der Waals surface area contributed by atoms with Gasteiger partial charge in [0.05, 0.1) is 12.8 Å². The minimum Gasteiger partial charge on any atom is -0.480 e. The maximum atomic E-state index is 12.7. The minimum atomic E-state index is -0.115. The van der Waals surface area contributed by atoms with Crippen molar-refractivity contribution in [2.24, 2.45) is 0 Å². The summed E-state index contributed by atoms with van der Waals surface area (Å²) < 4.78 is 5.31. The van der Waals surface area contributed by atoms with Crippen molar-refractivity contribution < 1.29 is 9.53 Å². The first kappa shape index (κ1) is 19.4. The molecule has 0 atom stereocenters. The zero-order valence-electron chi connectivity index (χ0n) is 16.3. The number of carbonyl (C=O) groups excluding carboxylic acids is 1. The van der Waals surface area contributed by atoms with Crippen molar-refractivity contribution in [1.82, 2.24) is 9.88 Å². The van der Waals surface area contributed by atoms with Crippen LogP contribution in [0.15, 0.2) is 35.2 Å². The van der Waals surface area contributed by atoms with E-state index in [-0.39, 0.29) is 6.03 Å². The average molecular weight is 387 g/mol. The van der Waals surface area contributed by atoms with E-state index in [0.717, 1.165) is 24.3 Å². The molecule has 6 nitrogen and oxygen atoms in total. The molecule has 1 fully saturated rings. The number of urea groups is 1. The highest BCUT2D eigenvalue weighted by molar-refractivity contribution is 7.98. The molecule has 7 heteroatoms. The van der Waals surface area contributed by atoms with Crippen LogP contribution in [-0.2, 0) is 0 Å². The minimum absolute atomic E-state index is 0.115. The largest absolute Gasteiger partial charge is 0.480 e. The maximum Gasteiger partial charge on any atom is 0.322 e. The molecule has 1 aromatic heterocycles. The third kappa shape index (κ3) is 4.30. The lowest BCUT2D eigenvalue weighted by atomic mass is 10.2. The molecular formula is C20H26N4O2S. The van der Waals surface area contributed by atoms with Crippen LogP contribution in [0.4, 0.5) is 16.2 Å². The molecule has 0 saturated carbocycles. The zero-order valence-corrected chi connectivity index (χ0v) is 17.1. The van der Waals surface area contributed by atoms with E-state index >= 15 is 0 Å². The van der Waals surface area contributed by atoms with Crippen molar-refractivity contribution in [3.63, 3.8) is 0 Å². The van der Waals surface area contributed by atoms with E-state index in [0.29, 0.717) is 24.7 Å². The number of benzene rings is 1. The number of para-hydroxylation sites is 1. The van der Waals surface area contributed by atoms with Crippen LogP contribution >= 0.6 is 11.8 Å². The van der Waals surface area contributed by atoms with Crippen LogP contribution in [0.3, 0.4) is 0 Å². The van der Waals surface area contributed by atoms with Crippen LogP contribution in [-0.4, -0.2) is 55.5 Å². The molecule has 0 bridgehead atoms. The standard InChI is InChI=1S/C20H26N4O2S/c1-14-13-16(19(26-3)21-15(14)2)22-20(25)24-11-9-23(10-12-24)17-7-5-6-8-18(17)27-4/h5-8,13H,9-12H2,1-4H3,(H,22,25). The van der Waals surface area contributed by atoms with Crippen molar-refractivity contribution in [3.8, 4) is 5.88 Å². The fourth-order valence-electron chi connectivity index (χ4n) is 3.16. The number of anilines is 2. The molecule has 1 aliphatic heterocycles. The summed E-state index contributed by atoms with van der Waals surface area (Å²) in [6.45, 7) is 6.87. The fourth-order valence-corrected chi connectivity index (χ4v) is 3.79. The number of aryl methyl sites for hydroxylation is 2. The van der Waals surface area contributed by atoms with Gasteiger partial charge in [-0.25, -0.2) is 9.78 Å². The first-order chi connectivity index (χ1) is 13.0. The molecule has 1 saturated heterocycles. The topological polar surface area (TPSA) is 57.7 Å². The molecule has 0 spiro atoms. The van der Waals surface area contributed by atoms with E-state index in [1.807, 2.05) is 24.8 Å². The van der Waals surface area contributed by atoms with Crippen LogP contribution in [0.1, 0.15) is 11.3 Å². The summed E-state index contributed by atoms with van der Waals surface area (Å²) in [5, 5.41) is 2.95. The number of ether oxygens (including phenoxy) is 1. The van der Waals surface area contributed by atoms with Crippen molar-refractivity contribution >= 4 is 29.2 Å². The zero-order chi connectivity index (χ0) is 19.4. The third-order valence-corrected chi connectivity index (χ3v) is 5.64. The number of carbonyl (C=O) groups is 1. The number of pyridine rings is 1. The molecule has 2 aromatic rings. The van der Waals surface area contributed by atoms with Crippen LogP contribution in [0, 0.1) is 13.8 Å². The number of rotatable bonds is 4. The molecular weight excluding hydrogens is 360 g/mol. The Morgan fingerprint density at radius 1 is 1.19 bits per heavy atom. The number of amides is 2. The van der Waals surface area contributed by atoms with Gasteiger partial charge in [-0.15, -0.1) is 11.8 Å². The monoisotopic (exact) mass is 386 g/mol. The number of nitrogens with one attached hydrogen (secondary N) is 1. The van der Waals surface area contributed by atoms with Gasteiger partial charge in [-0.1, -0.05) is 12.1 Å². The van der Waals surface area contributed by atoms with E-state index < -0.39 is 0 Å². The average Bonchev–Trinajstić information content (AvgIpc) is 2.70. The smallest absolute Gasteiger partial charge is 0.322 e. The second kappa shape index (κ2) is 8.52. The van der Waals surface area contributed by atoms with Crippen molar-refractivity contribution in [3.05, 3.63) is 41.6 Å². The lowest BCUT2D eigenvalue weighted by Gasteiger charge is -2.36. The maximum absolute atomic E-state index is 12.7. The van der Waals surface area contributed by atoms with E-state index in [4.69, 9.17) is 4.74 Å². The lowest BCUT2D eigenvalue weighted by Crippen LogP contribution is -2.50. The van der Waals surface area contributed by atoms with Crippen molar-refractivity contribution in [1.29, 1.82) is 0 Å². The second-order valence-corrected chi connectivity index (χ2v) is 7.37.